The Hall–Kier alpha value is -3.08. The number of para-hydroxylation sites is 1. The Morgan fingerprint density at radius 3 is 2.65 bits per heavy atom. The van der Waals surface area contributed by atoms with E-state index in [9.17, 15) is 4.79 Å². The Bertz CT molecular complexity index is 767. The van der Waals surface area contributed by atoms with Gasteiger partial charge in [-0.1, -0.05) is 36.4 Å². The molecule has 0 radical (unpaired) electrons. The lowest BCUT2D eigenvalue weighted by Gasteiger charge is -2.07. The Kier molecular flexibility index (Phi) is 4.38. The average Bonchev–Trinajstić information content (AvgIpc) is 2.97. The normalized spacial score (nSPS) is 15.3. The molecule has 116 valence electrons. The molecule has 0 atom stereocenters. The van der Waals surface area contributed by atoms with E-state index in [0.717, 1.165) is 16.9 Å². The molecule has 2 aromatic rings. The number of carbonyl (C=O) groups excluding carboxylic acids is 1. The molecule has 0 spiro atoms. The van der Waals surface area contributed by atoms with E-state index >= 15 is 0 Å². The lowest BCUT2D eigenvalue weighted by Crippen LogP contribution is -2.09. The molecule has 0 saturated carbocycles. The predicted octanol–water partition coefficient (Wildman–Crippen LogP) is 2.63. The van der Waals surface area contributed by atoms with Gasteiger partial charge < -0.3 is 14.8 Å². The zero-order valence-electron chi connectivity index (χ0n) is 12.7. The van der Waals surface area contributed by atoms with Crippen LogP contribution in [0.3, 0.4) is 0 Å². The van der Waals surface area contributed by atoms with Gasteiger partial charge in [0.05, 0.1) is 7.11 Å². The van der Waals surface area contributed by atoms with Crippen LogP contribution in [0.2, 0.25) is 0 Å². The van der Waals surface area contributed by atoms with Crippen LogP contribution < -0.4 is 10.1 Å². The zero-order chi connectivity index (χ0) is 16.1. The standard InChI is InChI=1S/C18H16N2O3/c1-22-16-10-6-5-9-14(16)11-19-12-15-18(21)23-17(20-15)13-7-3-2-4-8-13/h2-10,12,19H,11H2,1H3. The second-order valence-electron chi connectivity index (χ2n) is 4.89. The summed E-state index contributed by atoms with van der Waals surface area (Å²) in [6, 6.07) is 17.0. The smallest absolute Gasteiger partial charge is 0.365 e. The molecule has 1 aliphatic rings. The van der Waals surface area contributed by atoms with Crippen molar-refractivity contribution in [3.05, 3.63) is 77.6 Å². The molecule has 0 aliphatic carbocycles. The van der Waals surface area contributed by atoms with Crippen molar-refractivity contribution < 1.29 is 14.3 Å². The highest BCUT2D eigenvalue weighted by Gasteiger charge is 2.23. The molecule has 1 aliphatic heterocycles. The first-order valence-corrected chi connectivity index (χ1v) is 7.19. The largest absolute Gasteiger partial charge is 0.496 e. The first-order valence-electron chi connectivity index (χ1n) is 7.19. The van der Waals surface area contributed by atoms with Crippen molar-refractivity contribution >= 4 is 11.9 Å². The number of hydrogen-bond acceptors (Lipinski definition) is 5. The Morgan fingerprint density at radius 2 is 1.87 bits per heavy atom. The molecule has 1 N–H and O–H groups in total. The number of esters is 1. The van der Waals surface area contributed by atoms with Crippen LogP contribution in [0.1, 0.15) is 11.1 Å². The predicted molar refractivity (Wildman–Crippen MR) is 87.0 cm³/mol. The number of nitrogens with one attached hydrogen (secondary N) is 1. The van der Waals surface area contributed by atoms with Crippen molar-refractivity contribution in [2.24, 2.45) is 4.99 Å². The van der Waals surface area contributed by atoms with Crippen molar-refractivity contribution in [2.45, 2.75) is 6.54 Å². The summed E-state index contributed by atoms with van der Waals surface area (Å²) in [5.41, 5.74) is 2.01. The zero-order valence-corrected chi connectivity index (χ0v) is 12.7. The molecule has 0 bridgehead atoms. The maximum Gasteiger partial charge on any atom is 0.365 e. The fourth-order valence-corrected chi connectivity index (χ4v) is 2.22. The molecule has 0 saturated heterocycles. The van der Waals surface area contributed by atoms with Crippen LogP contribution >= 0.6 is 0 Å². The van der Waals surface area contributed by atoms with Crippen molar-refractivity contribution in [3.8, 4) is 5.75 Å². The van der Waals surface area contributed by atoms with Gasteiger partial charge in [-0.2, -0.15) is 0 Å². The monoisotopic (exact) mass is 308 g/mol. The first-order chi connectivity index (χ1) is 11.3. The summed E-state index contributed by atoms with van der Waals surface area (Å²) >= 11 is 0. The maximum atomic E-state index is 11.9. The minimum Gasteiger partial charge on any atom is -0.496 e. The molecular weight excluding hydrogens is 292 g/mol. The molecule has 1 heterocycles. The summed E-state index contributed by atoms with van der Waals surface area (Å²) in [7, 11) is 1.63. The molecule has 5 nitrogen and oxygen atoms in total. The van der Waals surface area contributed by atoms with E-state index in [1.54, 1.807) is 13.3 Å². The van der Waals surface area contributed by atoms with E-state index in [0.29, 0.717) is 12.4 Å². The van der Waals surface area contributed by atoms with Crippen molar-refractivity contribution in [1.29, 1.82) is 0 Å². The molecule has 2 aromatic carbocycles. The molecule has 0 fully saturated rings. The second-order valence-corrected chi connectivity index (χ2v) is 4.89. The van der Waals surface area contributed by atoms with Crippen LogP contribution in [-0.4, -0.2) is 19.0 Å². The Morgan fingerprint density at radius 1 is 1.13 bits per heavy atom. The number of ether oxygens (including phenoxy) is 2. The fraction of sp³-hybridized carbons (Fsp3) is 0.111. The summed E-state index contributed by atoms with van der Waals surface area (Å²) in [6.07, 6.45) is 1.56. The molecule has 23 heavy (non-hydrogen) atoms. The van der Waals surface area contributed by atoms with Gasteiger partial charge in [-0.3, -0.25) is 0 Å². The van der Waals surface area contributed by atoms with Gasteiger partial charge >= 0.3 is 5.97 Å². The number of carbonyl (C=O) groups is 1. The van der Waals surface area contributed by atoms with Gasteiger partial charge in [0, 0.05) is 23.9 Å². The molecular formula is C18H16N2O3. The van der Waals surface area contributed by atoms with Crippen LogP contribution in [0.4, 0.5) is 0 Å². The first kappa shape index (κ1) is 14.8. The average molecular weight is 308 g/mol. The van der Waals surface area contributed by atoms with Gasteiger partial charge in [-0.15, -0.1) is 0 Å². The molecule has 3 rings (SSSR count). The molecule has 0 unspecified atom stereocenters. The van der Waals surface area contributed by atoms with E-state index in [-0.39, 0.29) is 5.70 Å². The van der Waals surface area contributed by atoms with E-state index in [1.807, 2.05) is 54.6 Å². The van der Waals surface area contributed by atoms with Crippen molar-refractivity contribution in [1.82, 2.24) is 5.32 Å². The Labute approximate surface area is 134 Å². The third-order valence-electron chi connectivity index (χ3n) is 3.37. The highest BCUT2D eigenvalue weighted by molar-refractivity contribution is 6.11. The summed E-state index contributed by atoms with van der Waals surface area (Å²) in [5.74, 6) is 0.651. The maximum absolute atomic E-state index is 11.9. The van der Waals surface area contributed by atoms with Gasteiger partial charge in [-0.25, -0.2) is 9.79 Å². The van der Waals surface area contributed by atoms with E-state index in [4.69, 9.17) is 9.47 Å². The highest BCUT2D eigenvalue weighted by Crippen LogP contribution is 2.18. The van der Waals surface area contributed by atoms with Crippen LogP contribution in [0.25, 0.3) is 0 Å². The van der Waals surface area contributed by atoms with Crippen LogP contribution in [0.5, 0.6) is 5.75 Å². The van der Waals surface area contributed by atoms with E-state index in [2.05, 4.69) is 10.3 Å². The number of methoxy groups -OCH3 is 1. The number of aliphatic imine (C=N–C) groups is 1. The minimum absolute atomic E-state index is 0.249. The second kappa shape index (κ2) is 6.79. The summed E-state index contributed by atoms with van der Waals surface area (Å²) in [4.78, 5) is 16.1. The minimum atomic E-state index is -0.462. The SMILES string of the molecule is COc1ccccc1CNC=C1N=C(c2ccccc2)OC1=O. The van der Waals surface area contributed by atoms with Gasteiger partial charge in [0.15, 0.2) is 5.70 Å². The quantitative estimate of drug-likeness (QED) is 0.681. The van der Waals surface area contributed by atoms with Crippen LogP contribution in [0.15, 0.2) is 71.5 Å². The lowest BCUT2D eigenvalue weighted by atomic mass is 10.2. The van der Waals surface area contributed by atoms with Crippen LogP contribution in [0, 0.1) is 0 Å². The number of nitrogens with zero attached hydrogens (tertiary/aromatic N) is 1. The van der Waals surface area contributed by atoms with Gasteiger partial charge in [0.2, 0.25) is 5.90 Å². The summed E-state index contributed by atoms with van der Waals surface area (Å²) in [5, 5.41) is 3.07. The topological polar surface area (TPSA) is 59.9 Å². The third-order valence-corrected chi connectivity index (χ3v) is 3.37. The number of benzene rings is 2. The summed E-state index contributed by atoms with van der Waals surface area (Å²) in [6.45, 7) is 0.525. The molecule has 5 heteroatoms. The number of cyclic esters (lactones) is 1. The lowest BCUT2D eigenvalue weighted by molar-refractivity contribution is -0.130. The summed E-state index contributed by atoms with van der Waals surface area (Å²) < 4.78 is 10.5. The van der Waals surface area contributed by atoms with Gasteiger partial charge in [0.25, 0.3) is 0 Å². The van der Waals surface area contributed by atoms with Crippen LogP contribution in [-0.2, 0) is 16.1 Å². The van der Waals surface area contributed by atoms with Gasteiger partial charge in [-0.05, 0) is 18.2 Å². The highest BCUT2D eigenvalue weighted by atomic mass is 16.6. The number of rotatable bonds is 5. The Balaban J connectivity index is 1.70. The molecule has 0 amide bonds. The third kappa shape index (κ3) is 3.40. The number of hydrogen-bond donors (Lipinski definition) is 1. The van der Waals surface area contributed by atoms with E-state index < -0.39 is 5.97 Å². The van der Waals surface area contributed by atoms with Crippen molar-refractivity contribution in [3.63, 3.8) is 0 Å². The van der Waals surface area contributed by atoms with Gasteiger partial charge in [0.1, 0.15) is 5.75 Å². The fourth-order valence-electron chi connectivity index (χ4n) is 2.22. The van der Waals surface area contributed by atoms with E-state index in [1.165, 1.54) is 0 Å². The van der Waals surface area contributed by atoms with Crippen molar-refractivity contribution in [2.75, 3.05) is 7.11 Å². The molecule has 0 aromatic heterocycles.